The number of rotatable bonds is 4. The van der Waals surface area contributed by atoms with Crippen LogP contribution in [0.2, 0.25) is 0 Å². The predicted molar refractivity (Wildman–Crippen MR) is 115 cm³/mol. The van der Waals surface area contributed by atoms with Crippen molar-refractivity contribution in [3.8, 4) is 17.3 Å². The maximum atomic E-state index is 13.4. The number of nitrogens with zero attached hydrogens (tertiary/aromatic N) is 3. The standard InChI is InChI=1S/C24H25FN4O3/c25-19-4-1-3-17(13-19)21-7-6-18(15-27-21)22(30)28-20-5-2-8-24(14-20,16-26)23(31)29-9-11-32-12-10-29/h1,3-4,6-7,13,15,20H,2,5,8-12,14H2,(H,28,30). The zero-order valence-electron chi connectivity index (χ0n) is 17.7. The molecule has 1 aromatic heterocycles. The molecule has 2 atom stereocenters. The molecule has 166 valence electrons. The Bertz CT molecular complexity index is 1030. The first-order chi connectivity index (χ1) is 15.5. The summed E-state index contributed by atoms with van der Waals surface area (Å²) in [5.41, 5.74) is 0.452. The van der Waals surface area contributed by atoms with E-state index in [1.165, 1.54) is 18.3 Å². The van der Waals surface area contributed by atoms with Gasteiger partial charge in [-0.2, -0.15) is 5.26 Å². The average molecular weight is 436 g/mol. The molecule has 0 bridgehead atoms. The summed E-state index contributed by atoms with van der Waals surface area (Å²) >= 11 is 0. The minimum atomic E-state index is -1.12. The highest BCUT2D eigenvalue weighted by atomic mass is 19.1. The Hall–Kier alpha value is -3.31. The quantitative estimate of drug-likeness (QED) is 0.795. The van der Waals surface area contributed by atoms with Crippen molar-refractivity contribution in [2.45, 2.75) is 31.7 Å². The summed E-state index contributed by atoms with van der Waals surface area (Å²) in [6, 6.07) is 11.4. The van der Waals surface area contributed by atoms with Crippen molar-refractivity contribution in [1.29, 1.82) is 5.26 Å². The number of aromatic nitrogens is 1. The molecule has 2 fully saturated rings. The molecule has 1 N–H and O–H groups in total. The lowest BCUT2D eigenvalue weighted by Gasteiger charge is -2.39. The van der Waals surface area contributed by atoms with Gasteiger partial charge < -0.3 is 15.0 Å². The van der Waals surface area contributed by atoms with Crippen molar-refractivity contribution >= 4 is 11.8 Å². The lowest BCUT2D eigenvalue weighted by atomic mass is 9.72. The van der Waals surface area contributed by atoms with Crippen LogP contribution in [0, 0.1) is 22.6 Å². The smallest absolute Gasteiger partial charge is 0.253 e. The number of halogens is 1. The summed E-state index contributed by atoms with van der Waals surface area (Å²) in [4.78, 5) is 31.9. The third-order valence-electron chi connectivity index (χ3n) is 6.15. The molecule has 1 aliphatic carbocycles. The SMILES string of the molecule is N#CC1(C(=O)N2CCOCC2)CCCC(NC(=O)c2ccc(-c3cccc(F)c3)nc2)C1. The molecule has 1 aromatic carbocycles. The first-order valence-electron chi connectivity index (χ1n) is 10.8. The monoisotopic (exact) mass is 436 g/mol. The van der Waals surface area contributed by atoms with Crippen LogP contribution in [0.5, 0.6) is 0 Å². The van der Waals surface area contributed by atoms with E-state index >= 15 is 0 Å². The van der Waals surface area contributed by atoms with E-state index in [1.807, 2.05) is 0 Å². The van der Waals surface area contributed by atoms with E-state index in [-0.39, 0.29) is 23.7 Å². The van der Waals surface area contributed by atoms with Gasteiger partial charge in [-0.25, -0.2) is 4.39 Å². The Labute approximate surface area is 186 Å². The van der Waals surface area contributed by atoms with Gasteiger partial charge in [0.05, 0.1) is 30.5 Å². The lowest BCUT2D eigenvalue weighted by molar-refractivity contribution is -0.145. The van der Waals surface area contributed by atoms with Crippen LogP contribution in [-0.4, -0.2) is 54.0 Å². The van der Waals surface area contributed by atoms with Crippen molar-refractivity contribution in [1.82, 2.24) is 15.2 Å². The van der Waals surface area contributed by atoms with E-state index in [9.17, 15) is 19.2 Å². The summed E-state index contributed by atoms with van der Waals surface area (Å²) in [6.07, 6.45) is 3.64. The lowest BCUT2D eigenvalue weighted by Crippen LogP contribution is -2.52. The van der Waals surface area contributed by atoms with E-state index in [4.69, 9.17) is 4.74 Å². The highest BCUT2D eigenvalue weighted by Crippen LogP contribution is 2.38. The molecule has 0 radical (unpaired) electrons. The van der Waals surface area contributed by atoms with Gasteiger partial charge in [-0.3, -0.25) is 14.6 Å². The third-order valence-corrected chi connectivity index (χ3v) is 6.15. The Kier molecular flexibility index (Phi) is 6.47. The molecule has 1 saturated heterocycles. The second-order valence-corrected chi connectivity index (χ2v) is 8.31. The number of morpholine rings is 1. The number of hydrogen-bond donors (Lipinski definition) is 1. The molecule has 2 heterocycles. The molecule has 8 heteroatoms. The number of carbonyl (C=O) groups excluding carboxylic acids is 2. The van der Waals surface area contributed by atoms with Crippen LogP contribution in [-0.2, 0) is 9.53 Å². The third kappa shape index (κ3) is 4.63. The number of ether oxygens (including phenoxy) is 1. The molecular weight excluding hydrogens is 411 g/mol. The fourth-order valence-corrected chi connectivity index (χ4v) is 4.43. The molecule has 4 rings (SSSR count). The van der Waals surface area contributed by atoms with Crippen LogP contribution in [0.4, 0.5) is 4.39 Å². The van der Waals surface area contributed by atoms with Gasteiger partial charge in [0.1, 0.15) is 11.2 Å². The van der Waals surface area contributed by atoms with E-state index in [0.29, 0.717) is 68.8 Å². The largest absolute Gasteiger partial charge is 0.378 e. The number of nitriles is 1. The zero-order valence-corrected chi connectivity index (χ0v) is 17.7. The number of pyridine rings is 1. The van der Waals surface area contributed by atoms with Crippen LogP contribution in [0.3, 0.4) is 0 Å². The van der Waals surface area contributed by atoms with Crippen molar-refractivity contribution in [2.75, 3.05) is 26.3 Å². The average Bonchev–Trinajstić information content (AvgIpc) is 2.84. The van der Waals surface area contributed by atoms with Crippen molar-refractivity contribution in [2.24, 2.45) is 5.41 Å². The van der Waals surface area contributed by atoms with Gasteiger partial charge in [0, 0.05) is 30.9 Å². The topological polar surface area (TPSA) is 95.3 Å². The summed E-state index contributed by atoms with van der Waals surface area (Å²) in [7, 11) is 0. The molecule has 1 aliphatic heterocycles. The van der Waals surface area contributed by atoms with Gasteiger partial charge in [0.2, 0.25) is 5.91 Å². The van der Waals surface area contributed by atoms with Crippen molar-refractivity contribution < 1.29 is 18.7 Å². The minimum Gasteiger partial charge on any atom is -0.378 e. The first-order valence-corrected chi connectivity index (χ1v) is 10.8. The summed E-state index contributed by atoms with van der Waals surface area (Å²) in [6.45, 7) is 1.93. The molecule has 0 spiro atoms. The first kappa shape index (κ1) is 21.9. The molecule has 32 heavy (non-hydrogen) atoms. The van der Waals surface area contributed by atoms with Gasteiger partial charge in [0.25, 0.3) is 5.91 Å². The second kappa shape index (κ2) is 9.45. The number of nitrogens with one attached hydrogen (secondary N) is 1. The summed E-state index contributed by atoms with van der Waals surface area (Å²) in [5, 5.41) is 12.9. The predicted octanol–water partition coefficient (Wildman–Crippen LogP) is 2.93. The molecule has 2 unspecified atom stereocenters. The second-order valence-electron chi connectivity index (χ2n) is 8.31. The molecule has 7 nitrogen and oxygen atoms in total. The fourth-order valence-electron chi connectivity index (χ4n) is 4.43. The molecule has 2 aromatic rings. The minimum absolute atomic E-state index is 0.164. The van der Waals surface area contributed by atoms with Crippen LogP contribution < -0.4 is 5.32 Å². The Morgan fingerprint density at radius 1 is 1.25 bits per heavy atom. The van der Waals surface area contributed by atoms with Crippen LogP contribution in [0.15, 0.2) is 42.6 Å². The molecule has 1 saturated carbocycles. The zero-order chi connectivity index (χ0) is 22.6. The van der Waals surface area contributed by atoms with Gasteiger partial charge in [-0.15, -0.1) is 0 Å². The number of benzene rings is 1. The maximum absolute atomic E-state index is 13.4. The van der Waals surface area contributed by atoms with Crippen LogP contribution in [0.25, 0.3) is 11.3 Å². The normalized spacial score (nSPS) is 23.2. The highest BCUT2D eigenvalue weighted by molar-refractivity contribution is 5.94. The fraction of sp³-hybridized carbons (Fsp3) is 0.417. The summed E-state index contributed by atoms with van der Waals surface area (Å²) < 4.78 is 18.8. The Morgan fingerprint density at radius 3 is 2.75 bits per heavy atom. The van der Waals surface area contributed by atoms with Crippen molar-refractivity contribution in [3.05, 3.63) is 54.0 Å². The highest BCUT2D eigenvalue weighted by Gasteiger charge is 2.46. The number of hydrogen-bond acceptors (Lipinski definition) is 5. The Morgan fingerprint density at radius 2 is 2.06 bits per heavy atom. The molecular formula is C24H25FN4O3. The van der Waals surface area contributed by atoms with Crippen molar-refractivity contribution in [3.63, 3.8) is 0 Å². The van der Waals surface area contributed by atoms with E-state index in [2.05, 4.69) is 16.4 Å². The molecule has 2 amide bonds. The molecule has 2 aliphatic rings. The van der Waals surface area contributed by atoms with Crippen LogP contribution in [0.1, 0.15) is 36.0 Å². The van der Waals surface area contributed by atoms with Gasteiger partial charge in [-0.05, 0) is 49.9 Å². The van der Waals surface area contributed by atoms with E-state index < -0.39 is 5.41 Å². The van der Waals surface area contributed by atoms with Gasteiger partial charge in [0.15, 0.2) is 0 Å². The van der Waals surface area contributed by atoms with E-state index in [0.717, 1.165) is 0 Å². The maximum Gasteiger partial charge on any atom is 0.253 e. The van der Waals surface area contributed by atoms with Gasteiger partial charge >= 0.3 is 0 Å². The Balaban J connectivity index is 1.42. The number of carbonyl (C=O) groups is 2. The van der Waals surface area contributed by atoms with Gasteiger partial charge in [-0.1, -0.05) is 12.1 Å². The summed E-state index contributed by atoms with van der Waals surface area (Å²) in [5.74, 6) is -0.819. The number of amides is 2. The van der Waals surface area contributed by atoms with E-state index in [1.54, 1.807) is 29.2 Å². The van der Waals surface area contributed by atoms with Crippen LogP contribution >= 0.6 is 0 Å².